The van der Waals surface area contributed by atoms with E-state index in [1.807, 2.05) is 17.5 Å². The molecule has 1 atom stereocenters. The van der Waals surface area contributed by atoms with Gasteiger partial charge in [0.1, 0.15) is 12.1 Å². The van der Waals surface area contributed by atoms with E-state index in [2.05, 4.69) is 32.7 Å². The van der Waals surface area contributed by atoms with Gasteiger partial charge in [-0.1, -0.05) is 12.1 Å². The number of carbonyl (C=O) groups excluding carboxylic acids is 2. The summed E-state index contributed by atoms with van der Waals surface area (Å²) in [4.78, 5) is 30.6. The van der Waals surface area contributed by atoms with Gasteiger partial charge in [0.25, 0.3) is 0 Å². The minimum Gasteiger partial charge on any atom is -0.444 e. The van der Waals surface area contributed by atoms with Crippen LogP contribution in [0.25, 0.3) is 11.3 Å². The minimum atomic E-state index is -0.632. The van der Waals surface area contributed by atoms with Gasteiger partial charge in [-0.3, -0.25) is 4.79 Å². The molecular weight excluding hydrogens is 416 g/mol. The first-order chi connectivity index (χ1) is 14.7. The summed E-state index contributed by atoms with van der Waals surface area (Å²) in [6.07, 6.45) is 1.82. The van der Waals surface area contributed by atoms with E-state index in [-0.39, 0.29) is 18.6 Å². The van der Waals surface area contributed by atoms with E-state index in [9.17, 15) is 9.59 Å². The van der Waals surface area contributed by atoms with Gasteiger partial charge in [-0.05, 0) is 45.7 Å². The zero-order valence-electron chi connectivity index (χ0n) is 18.4. The SMILES string of the molecule is CO[C@H]1CCCN(c2cccc(-c3csc(NC(=O)CNC(=O)OC(C)(C)C)n3)c2)C1. The molecule has 0 saturated carbocycles. The quantitative estimate of drug-likeness (QED) is 0.699. The van der Waals surface area contributed by atoms with Gasteiger partial charge >= 0.3 is 6.09 Å². The average Bonchev–Trinajstić information content (AvgIpc) is 3.19. The number of benzene rings is 1. The number of methoxy groups -OCH3 is 1. The summed E-state index contributed by atoms with van der Waals surface area (Å²) in [5.41, 5.74) is 2.31. The van der Waals surface area contributed by atoms with Crippen molar-refractivity contribution in [3.63, 3.8) is 0 Å². The van der Waals surface area contributed by atoms with Crippen LogP contribution in [-0.4, -0.2) is 55.4 Å². The number of nitrogens with one attached hydrogen (secondary N) is 2. The fraction of sp³-hybridized carbons (Fsp3) is 0.500. The standard InChI is InChI=1S/C22H30N4O4S/c1-22(2,3)30-21(28)23-12-19(27)25-20-24-18(14-31-20)15-7-5-8-16(11-15)26-10-6-9-17(13-26)29-4/h5,7-8,11,14,17H,6,9-10,12-13H2,1-4H3,(H,23,28)(H,24,25,27)/t17-/m0/s1. The highest BCUT2D eigenvalue weighted by molar-refractivity contribution is 7.14. The van der Waals surface area contributed by atoms with E-state index in [0.29, 0.717) is 5.13 Å². The highest BCUT2D eigenvalue weighted by Gasteiger charge is 2.20. The molecule has 2 heterocycles. The lowest BCUT2D eigenvalue weighted by Crippen LogP contribution is -2.39. The van der Waals surface area contributed by atoms with Crippen molar-refractivity contribution in [3.8, 4) is 11.3 Å². The van der Waals surface area contributed by atoms with Crippen molar-refractivity contribution in [2.75, 3.05) is 37.0 Å². The van der Waals surface area contributed by atoms with Crippen LogP contribution in [0.3, 0.4) is 0 Å². The number of piperidine rings is 1. The van der Waals surface area contributed by atoms with Crippen LogP contribution in [0.4, 0.5) is 15.6 Å². The number of thiazole rings is 1. The van der Waals surface area contributed by atoms with Gasteiger partial charge in [-0.25, -0.2) is 9.78 Å². The minimum absolute atomic E-state index is 0.186. The average molecular weight is 447 g/mol. The van der Waals surface area contributed by atoms with Crippen molar-refractivity contribution in [2.24, 2.45) is 0 Å². The Morgan fingerprint density at radius 1 is 1.32 bits per heavy atom. The molecule has 1 aromatic heterocycles. The molecular formula is C22H30N4O4S. The molecule has 9 heteroatoms. The number of amides is 2. The number of nitrogens with zero attached hydrogens (tertiary/aromatic N) is 2. The molecule has 0 radical (unpaired) electrons. The molecule has 1 saturated heterocycles. The summed E-state index contributed by atoms with van der Waals surface area (Å²) < 4.78 is 10.7. The van der Waals surface area contributed by atoms with E-state index in [1.165, 1.54) is 11.3 Å². The van der Waals surface area contributed by atoms with Gasteiger partial charge in [0.2, 0.25) is 5.91 Å². The predicted molar refractivity (Wildman–Crippen MR) is 123 cm³/mol. The molecule has 3 rings (SSSR count). The molecule has 168 valence electrons. The Morgan fingerprint density at radius 3 is 2.87 bits per heavy atom. The van der Waals surface area contributed by atoms with Crippen molar-refractivity contribution < 1.29 is 19.1 Å². The van der Waals surface area contributed by atoms with E-state index >= 15 is 0 Å². The van der Waals surface area contributed by atoms with Crippen LogP contribution >= 0.6 is 11.3 Å². The van der Waals surface area contributed by atoms with Crippen LogP contribution in [0.2, 0.25) is 0 Å². The Labute approximate surface area is 186 Å². The summed E-state index contributed by atoms with van der Waals surface area (Å²) in [6.45, 7) is 6.99. The second kappa shape index (κ2) is 10.1. The first-order valence-electron chi connectivity index (χ1n) is 10.3. The third-order valence-electron chi connectivity index (χ3n) is 4.76. The predicted octanol–water partition coefficient (Wildman–Crippen LogP) is 3.89. The topological polar surface area (TPSA) is 92.8 Å². The molecule has 2 N–H and O–H groups in total. The molecule has 2 aromatic rings. The lowest BCUT2D eigenvalue weighted by Gasteiger charge is -2.33. The number of alkyl carbamates (subject to hydrolysis) is 1. The Bertz CT molecular complexity index is 909. The van der Waals surface area contributed by atoms with Crippen LogP contribution in [0.5, 0.6) is 0 Å². The third-order valence-corrected chi connectivity index (χ3v) is 5.52. The molecule has 2 amide bonds. The molecule has 8 nitrogen and oxygen atoms in total. The monoisotopic (exact) mass is 446 g/mol. The van der Waals surface area contributed by atoms with Gasteiger partial charge in [-0.2, -0.15) is 0 Å². The number of hydrogen-bond donors (Lipinski definition) is 2. The number of anilines is 2. The van der Waals surface area contributed by atoms with Crippen LogP contribution < -0.4 is 15.5 Å². The van der Waals surface area contributed by atoms with Crippen LogP contribution in [0.15, 0.2) is 29.6 Å². The van der Waals surface area contributed by atoms with Crippen LogP contribution in [0, 0.1) is 0 Å². The van der Waals surface area contributed by atoms with Crippen molar-refractivity contribution in [1.82, 2.24) is 10.3 Å². The summed E-state index contributed by atoms with van der Waals surface area (Å²) in [5.74, 6) is -0.362. The smallest absolute Gasteiger partial charge is 0.408 e. The van der Waals surface area contributed by atoms with E-state index in [1.54, 1.807) is 27.9 Å². The van der Waals surface area contributed by atoms with Gasteiger partial charge in [0, 0.05) is 36.8 Å². The molecule has 1 fully saturated rings. The first kappa shape index (κ1) is 23.0. The highest BCUT2D eigenvalue weighted by atomic mass is 32.1. The second-order valence-corrected chi connectivity index (χ2v) is 9.30. The van der Waals surface area contributed by atoms with Gasteiger partial charge in [0.15, 0.2) is 5.13 Å². The van der Waals surface area contributed by atoms with E-state index in [0.717, 1.165) is 42.9 Å². The summed E-state index contributed by atoms with van der Waals surface area (Å²) in [6, 6.07) is 8.23. The fourth-order valence-electron chi connectivity index (χ4n) is 3.32. The summed E-state index contributed by atoms with van der Waals surface area (Å²) in [5, 5.41) is 7.54. The lowest BCUT2D eigenvalue weighted by atomic mass is 10.1. The van der Waals surface area contributed by atoms with Gasteiger partial charge < -0.3 is 25.0 Å². The van der Waals surface area contributed by atoms with Crippen molar-refractivity contribution >= 4 is 34.2 Å². The van der Waals surface area contributed by atoms with E-state index in [4.69, 9.17) is 9.47 Å². The first-order valence-corrected chi connectivity index (χ1v) is 11.2. The zero-order valence-corrected chi connectivity index (χ0v) is 19.3. The molecule has 0 bridgehead atoms. The second-order valence-electron chi connectivity index (χ2n) is 8.44. The highest BCUT2D eigenvalue weighted by Crippen LogP contribution is 2.29. The molecule has 1 aliphatic rings. The van der Waals surface area contributed by atoms with Crippen molar-refractivity contribution in [2.45, 2.75) is 45.3 Å². The maximum Gasteiger partial charge on any atom is 0.408 e. The fourth-order valence-corrected chi connectivity index (χ4v) is 4.06. The molecule has 0 spiro atoms. The van der Waals surface area contributed by atoms with Crippen LogP contribution in [0.1, 0.15) is 33.6 Å². The molecule has 1 aromatic carbocycles. The normalized spacial score (nSPS) is 16.6. The molecule has 31 heavy (non-hydrogen) atoms. The maximum absolute atomic E-state index is 12.1. The number of carbonyl (C=O) groups is 2. The molecule has 0 unspecified atom stereocenters. The number of aromatic nitrogens is 1. The van der Waals surface area contributed by atoms with Gasteiger partial charge in [-0.15, -0.1) is 11.3 Å². The van der Waals surface area contributed by atoms with Crippen LogP contribution in [-0.2, 0) is 14.3 Å². The number of hydrogen-bond acceptors (Lipinski definition) is 7. The largest absolute Gasteiger partial charge is 0.444 e. The van der Waals surface area contributed by atoms with Crippen molar-refractivity contribution in [3.05, 3.63) is 29.6 Å². The number of ether oxygens (including phenoxy) is 2. The molecule has 0 aliphatic carbocycles. The third kappa shape index (κ3) is 6.93. The Morgan fingerprint density at radius 2 is 2.13 bits per heavy atom. The maximum atomic E-state index is 12.1. The Hall–Kier alpha value is -2.65. The Balaban J connectivity index is 1.58. The number of rotatable bonds is 6. The lowest BCUT2D eigenvalue weighted by molar-refractivity contribution is -0.115. The molecule has 1 aliphatic heterocycles. The van der Waals surface area contributed by atoms with E-state index < -0.39 is 11.7 Å². The summed E-state index contributed by atoms with van der Waals surface area (Å²) in [7, 11) is 1.76. The Kier molecular flexibility index (Phi) is 7.50. The van der Waals surface area contributed by atoms with Crippen molar-refractivity contribution in [1.29, 1.82) is 0 Å². The van der Waals surface area contributed by atoms with Gasteiger partial charge in [0.05, 0.1) is 11.8 Å². The summed E-state index contributed by atoms with van der Waals surface area (Å²) >= 11 is 1.34. The zero-order chi connectivity index (χ0) is 22.4.